The molecule has 2 atom stereocenters. The van der Waals surface area contributed by atoms with Gasteiger partial charge in [0.15, 0.2) is 5.96 Å². The second-order valence-corrected chi connectivity index (χ2v) is 6.86. The number of rotatable bonds is 6. The summed E-state index contributed by atoms with van der Waals surface area (Å²) in [5.41, 5.74) is 0. The molecule has 2 saturated heterocycles. The number of hydrogen-bond acceptors (Lipinski definition) is 3. The maximum absolute atomic E-state index is 5.94. The Kier molecular flexibility index (Phi) is 6.58. The second-order valence-electron chi connectivity index (χ2n) is 6.86. The lowest BCUT2D eigenvalue weighted by Gasteiger charge is -2.42. The van der Waals surface area contributed by atoms with Gasteiger partial charge in [-0.2, -0.15) is 0 Å². The predicted molar refractivity (Wildman–Crippen MR) is 96.3 cm³/mol. The molecule has 0 bridgehead atoms. The Balaban J connectivity index is 1.55. The number of piperidine rings is 1. The summed E-state index contributed by atoms with van der Waals surface area (Å²) in [7, 11) is 0. The fraction of sp³-hybridized carbons (Fsp3) is 0.737. The number of likely N-dealkylation sites (tertiary alicyclic amines) is 1. The van der Waals surface area contributed by atoms with Crippen LogP contribution in [0.2, 0.25) is 0 Å². The monoisotopic (exact) mass is 333 g/mol. The van der Waals surface area contributed by atoms with Crippen molar-refractivity contribution in [1.29, 1.82) is 0 Å². The van der Waals surface area contributed by atoms with Crippen LogP contribution in [0.25, 0.3) is 0 Å². The largest absolute Gasteiger partial charge is 0.469 e. The molecule has 3 rings (SSSR count). The van der Waals surface area contributed by atoms with Crippen LogP contribution >= 0.6 is 0 Å². The number of ether oxygens (including phenoxy) is 1. The minimum absolute atomic E-state index is 0.468. The molecule has 3 heterocycles. The van der Waals surface area contributed by atoms with E-state index >= 15 is 0 Å². The van der Waals surface area contributed by atoms with Crippen LogP contribution in [0, 0.1) is 5.92 Å². The zero-order valence-corrected chi connectivity index (χ0v) is 14.9. The van der Waals surface area contributed by atoms with Crippen molar-refractivity contribution in [1.82, 2.24) is 10.2 Å². The molecule has 2 fully saturated rings. The van der Waals surface area contributed by atoms with E-state index in [2.05, 4.69) is 17.1 Å². The summed E-state index contributed by atoms with van der Waals surface area (Å²) >= 11 is 0. The van der Waals surface area contributed by atoms with E-state index in [1.165, 1.54) is 19.3 Å². The number of fused-ring (bicyclic) bond motifs is 1. The highest BCUT2D eigenvalue weighted by molar-refractivity contribution is 5.80. The second kappa shape index (κ2) is 9.11. The van der Waals surface area contributed by atoms with E-state index in [4.69, 9.17) is 14.1 Å². The van der Waals surface area contributed by atoms with Crippen molar-refractivity contribution in [2.24, 2.45) is 10.9 Å². The first-order chi connectivity index (χ1) is 11.9. The van der Waals surface area contributed by atoms with Crippen LogP contribution in [0.15, 0.2) is 27.8 Å². The summed E-state index contributed by atoms with van der Waals surface area (Å²) in [6.45, 7) is 7.04. The molecule has 0 amide bonds. The van der Waals surface area contributed by atoms with Crippen LogP contribution in [0.5, 0.6) is 0 Å². The highest BCUT2D eigenvalue weighted by atomic mass is 16.5. The van der Waals surface area contributed by atoms with E-state index < -0.39 is 0 Å². The number of nitrogens with one attached hydrogen (secondary N) is 1. The summed E-state index contributed by atoms with van der Waals surface area (Å²) in [5, 5.41) is 3.56. The zero-order chi connectivity index (χ0) is 16.6. The van der Waals surface area contributed by atoms with E-state index in [9.17, 15) is 0 Å². The first-order valence-corrected chi connectivity index (χ1v) is 9.54. The molecule has 0 radical (unpaired) electrons. The molecule has 0 aliphatic carbocycles. The van der Waals surface area contributed by atoms with Gasteiger partial charge in [0.2, 0.25) is 0 Å². The number of hydrogen-bond donors (Lipinski definition) is 1. The van der Waals surface area contributed by atoms with Crippen molar-refractivity contribution in [3.05, 3.63) is 24.2 Å². The van der Waals surface area contributed by atoms with Gasteiger partial charge in [-0.1, -0.05) is 13.3 Å². The van der Waals surface area contributed by atoms with Crippen molar-refractivity contribution in [2.45, 2.75) is 51.6 Å². The quantitative estimate of drug-likeness (QED) is 0.494. The van der Waals surface area contributed by atoms with Crippen LogP contribution in [-0.4, -0.2) is 49.7 Å². The third kappa shape index (κ3) is 4.76. The van der Waals surface area contributed by atoms with Crippen LogP contribution in [-0.2, 0) is 11.2 Å². The standard InChI is InChI=1S/C19H31N3O2/c1-2-3-10-20-19(21-11-8-17-7-5-13-23-17)22-12-9-18-16(15-22)6-4-14-24-18/h5,7,13,16,18H,2-4,6,8-12,14-15H2,1H3,(H,20,21). The fourth-order valence-electron chi connectivity index (χ4n) is 3.64. The van der Waals surface area contributed by atoms with Gasteiger partial charge in [-0.3, -0.25) is 4.99 Å². The van der Waals surface area contributed by atoms with Crippen LogP contribution in [0.4, 0.5) is 0 Å². The molecule has 1 N–H and O–H groups in total. The molecular formula is C19H31N3O2. The maximum Gasteiger partial charge on any atom is 0.193 e. The molecule has 1 aromatic rings. The molecule has 2 aliphatic heterocycles. The summed E-state index contributed by atoms with van der Waals surface area (Å²) in [4.78, 5) is 7.29. The number of aliphatic imine (C=N–C) groups is 1. The number of furan rings is 1. The molecule has 24 heavy (non-hydrogen) atoms. The summed E-state index contributed by atoms with van der Waals surface area (Å²) in [6, 6.07) is 3.97. The van der Waals surface area contributed by atoms with E-state index in [0.29, 0.717) is 12.0 Å². The summed E-state index contributed by atoms with van der Waals surface area (Å²) in [5.74, 6) is 2.75. The lowest BCUT2D eigenvalue weighted by atomic mass is 9.88. The minimum Gasteiger partial charge on any atom is -0.469 e. The Morgan fingerprint density at radius 1 is 1.42 bits per heavy atom. The predicted octanol–water partition coefficient (Wildman–Crippen LogP) is 3.07. The Hall–Kier alpha value is -1.49. The molecule has 5 heteroatoms. The molecule has 2 aliphatic rings. The van der Waals surface area contributed by atoms with Gasteiger partial charge >= 0.3 is 0 Å². The average Bonchev–Trinajstić information content (AvgIpc) is 3.13. The molecule has 5 nitrogen and oxygen atoms in total. The van der Waals surface area contributed by atoms with Gasteiger partial charge in [0, 0.05) is 45.1 Å². The third-order valence-corrected chi connectivity index (χ3v) is 5.02. The van der Waals surface area contributed by atoms with Gasteiger partial charge in [-0.15, -0.1) is 0 Å². The maximum atomic E-state index is 5.94. The Morgan fingerprint density at radius 2 is 2.38 bits per heavy atom. The van der Waals surface area contributed by atoms with Gasteiger partial charge in [0.1, 0.15) is 5.76 Å². The number of unbranched alkanes of at least 4 members (excludes halogenated alkanes) is 1. The highest BCUT2D eigenvalue weighted by Crippen LogP contribution is 2.28. The first-order valence-electron chi connectivity index (χ1n) is 9.54. The number of guanidine groups is 1. The molecular weight excluding hydrogens is 302 g/mol. The molecule has 0 aromatic carbocycles. The fourth-order valence-corrected chi connectivity index (χ4v) is 3.64. The van der Waals surface area contributed by atoms with E-state index in [0.717, 1.165) is 63.8 Å². The summed E-state index contributed by atoms with van der Waals surface area (Å²) in [6.07, 6.45) is 9.03. The topological polar surface area (TPSA) is 50.0 Å². The van der Waals surface area contributed by atoms with E-state index in [1.54, 1.807) is 6.26 Å². The molecule has 1 aromatic heterocycles. The van der Waals surface area contributed by atoms with Gasteiger partial charge in [0.25, 0.3) is 0 Å². The Bertz CT molecular complexity index is 501. The average molecular weight is 333 g/mol. The smallest absolute Gasteiger partial charge is 0.193 e. The molecule has 134 valence electrons. The lowest BCUT2D eigenvalue weighted by Crippen LogP contribution is -2.52. The zero-order valence-electron chi connectivity index (χ0n) is 14.9. The minimum atomic E-state index is 0.468. The Labute approximate surface area is 145 Å². The summed E-state index contributed by atoms with van der Waals surface area (Å²) < 4.78 is 11.4. The molecule has 2 unspecified atom stereocenters. The van der Waals surface area contributed by atoms with E-state index in [1.807, 2.05) is 12.1 Å². The van der Waals surface area contributed by atoms with Crippen molar-refractivity contribution in [3.63, 3.8) is 0 Å². The van der Waals surface area contributed by atoms with E-state index in [-0.39, 0.29) is 0 Å². The van der Waals surface area contributed by atoms with Crippen molar-refractivity contribution in [3.8, 4) is 0 Å². The third-order valence-electron chi connectivity index (χ3n) is 5.02. The SMILES string of the molecule is CCCCN=C(NCCc1ccco1)N1CCC2OCCCC2C1. The van der Waals surface area contributed by atoms with Crippen LogP contribution in [0.3, 0.4) is 0 Å². The lowest BCUT2D eigenvalue weighted by molar-refractivity contribution is -0.0559. The highest BCUT2D eigenvalue weighted by Gasteiger charge is 2.33. The van der Waals surface area contributed by atoms with Gasteiger partial charge in [-0.05, 0) is 37.8 Å². The van der Waals surface area contributed by atoms with Crippen molar-refractivity contribution < 1.29 is 9.15 Å². The van der Waals surface area contributed by atoms with Crippen LogP contribution < -0.4 is 5.32 Å². The van der Waals surface area contributed by atoms with Gasteiger partial charge < -0.3 is 19.4 Å². The molecule has 0 saturated carbocycles. The van der Waals surface area contributed by atoms with Gasteiger partial charge in [0.05, 0.1) is 12.4 Å². The number of nitrogens with zero attached hydrogens (tertiary/aromatic N) is 2. The van der Waals surface area contributed by atoms with Gasteiger partial charge in [-0.25, -0.2) is 0 Å². The Morgan fingerprint density at radius 3 is 3.21 bits per heavy atom. The van der Waals surface area contributed by atoms with Crippen molar-refractivity contribution >= 4 is 5.96 Å². The first kappa shape index (κ1) is 17.3. The van der Waals surface area contributed by atoms with Crippen LogP contribution in [0.1, 0.15) is 44.8 Å². The molecule has 0 spiro atoms. The normalized spacial score (nSPS) is 24.7. The van der Waals surface area contributed by atoms with Crippen molar-refractivity contribution in [2.75, 3.05) is 32.8 Å².